The molecule has 1 N–H and O–H groups in total. The van der Waals surface area contributed by atoms with Crippen molar-refractivity contribution in [2.24, 2.45) is 0 Å². The molecule has 0 amide bonds. The maximum absolute atomic E-state index is 9.26. The summed E-state index contributed by atoms with van der Waals surface area (Å²) in [6.07, 6.45) is 6.69. The molecule has 5 heteroatoms. The van der Waals surface area contributed by atoms with E-state index in [2.05, 4.69) is 21.4 Å². The van der Waals surface area contributed by atoms with Crippen molar-refractivity contribution in [3.8, 4) is 6.07 Å². The maximum atomic E-state index is 9.26. The Balaban J connectivity index is 0.00000112. The zero-order chi connectivity index (χ0) is 9.86. The number of nitrogens with one attached hydrogen (secondary N) is 1. The molecule has 1 saturated heterocycles. The van der Waals surface area contributed by atoms with Gasteiger partial charge in [-0.25, -0.2) is 9.97 Å². The maximum Gasteiger partial charge on any atom is 0.115 e. The molecule has 1 aromatic heterocycles. The van der Waals surface area contributed by atoms with Gasteiger partial charge >= 0.3 is 0 Å². The number of rotatable bonds is 1. The summed E-state index contributed by atoms with van der Waals surface area (Å²) in [5.41, 5.74) is 0.580. The normalized spacial score (nSPS) is 18.6. The highest BCUT2D eigenvalue weighted by Gasteiger charge is 2.34. The first kappa shape index (κ1) is 11.9. The van der Waals surface area contributed by atoms with Gasteiger partial charge in [0.1, 0.15) is 6.33 Å². The smallest absolute Gasteiger partial charge is 0.115 e. The quantitative estimate of drug-likeness (QED) is 0.775. The third-order valence-corrected chi connectivity index (χ3v) is 2.78. The minimum atomic E-state index is -0.369. The summed E-state index contributed by atoms with van der Waals surface area (Å²) >= 11 is 0. The fraction of sp³-hybridized carbons (Fsp3) is 0.500. The molecular weight excluding hydrogens is 212 g/mol. The number of nitriles is 1. The monoisotopic (exact) mass is 224 g/mol. The molecular formula is C10H13ClN4. The summed E-state index contributed by atoms with van der Waals surface area (Å²) in [7, 11) is 0. The van der Waals surface area contributed by atoms with E-state index in [0.29, 0.717) is 0 Å². The van der Waals surface area contributed by atoms with Crippen molar-refractivity contribution in [2.45, 2.75) is 18.3 Å². The van der Waals surface area contributed by atoms with Gasteiger partial charge in [0.2, 0.25) is 0 Å². The highest BCUT2D eigenvalue weighted by molar-refractivity contribution is 5.85. The molecule has 2 rings (SSSR count). The number of aromatic nitrogens is 2. The molecule has 15 heavy (non-hydrogen) atoms. The molecule has 0 unspecified atom stereocenters. The number of piperidine rings is 1. The Bertz CT molecular complexity index is 340. The van der Waals surface area contributed by atoms with Crippen LogP contribution in [0.15, 0.2) is 18.7 Å². The van der Waals surface area contributed by atoms with Gasteiger partial charge in [0.15, 0.2) is 0 Å². The predicted molar refractivity (Wildman–Crippen MR) is 58.7 cm³/mol. The molecule has 2 heterocycles. The van der Waals surface area contributed by atoms with Gasteiger partial charge in [-0.2, -0.15) is 5.26 Å². The number of hydrogen-bond donors (Lipinski definition) is 1. The van der Waals surface area contributed by atoms with E-state index in [1.54, 1.807) is 12.4 Å². The zero-order valence-electron chi connectivity index (χ0n) is 8.31. The van der Waals surface area contributed by atoms with E-state index in [9.17, 15) is 5.26 Å². The van der Waals surface area contributed by atoms with Gasteiger partial charge in [0.05, 0.1) is 11.5 Å². The van der Waals surface area contributed by atoms with Crippen LogP contribution in [0.1, 0.15) is 18.4 Å². The molecule has 0 atom stereocenters. The van der Waals surface area contributed by atoms with Gasteiger partial charge in [0.25, 0.3) is 0 Å². The molecule has 0 aliphatic carbocycles. The van der Waals surface area contributed by atoms with Crippen LogP contribution in [0, 0.1) is 11.3 Å². The second-order valence-electron chi connectivity index (χ2n) is 3.57. The van der Waals surface area contributed by atoms with Crippen LogP contribution in [0.5, 0.6) is 0 Å². The number of nitrogens with zero attached hydrogens (tertiary/aromatic N) is 3. The van der Waals surface area contributed by atoms with Crippen LogP contribution in [-0.2, 0) is 5.41 Å². The standard InChI is InChI=1S/C10H12N4.ClH/c11-7-10(1-3-12-4-2-10)9-5-13-8-14-6-9;/h5-6,8,12H,1-4H2;1H. The Morgan fingerprint density at radius 2 is 1.87 bits per heavy atom. The van der Waals surface area contributed by atoms with Crippen molar-refractivity contribution in [1.29, 1.82) is 5.26 Å². The van der Waals surface area contributed by atoms with Gasteiger partial charge in [-0.1, -0.05) is 0 Å². The lowest BCUT2D eigenvalue weighted by atomic mass is 9.76. The van der Waals surface area contributed by atoms with Crippen molar-refractivity contribution in [3.05, 3.63) is 24.3 Å². The van der Waals surface area contributed by atoms with E-state index < -0.39 is 0 Å². The van der Waals surface area contributed by atoms with Crippen LogP contribution < -0.4 is 5.32 Å². The second-order valence-corrected chi connectivity index (χ2v) is 3.57. The van der Waals surface area contributed by atoms with E-state index in [0.717, 1.165) is 31.5 Å². The average Bonchev–Trinajstić information content (AvgIpc) is 2.31. The van der Waals surface area contributed by atoms with Crippen LogP contribution in [0.25, 0.3) is 0 Å². The molecule has 80 valence electrons. The zero-order valence-corrected chi connectivity index (χ0v) is 9.13. The molecule has 0 aromatic carbocycles. The fourth-order valence-corrected chi connectivity index (χ4v) is 1.86. The fourth-order valence-electron chi connectivity index (χ4n) is 1.86. The molecule has 0 radical (unpaired) electrons. The Hall–Kier alpha value is -1.18. The van der Waals surface area contributed by atoms with E-state index in [4.69, 9.17) is 0 Å². The van der Waals surface area contributed by atoms with Crippen LogP contribution in [0.4, 0.5) is 0 Å². The largest absolute Gasteiger partial charge is 0.317 e. The van der Waals surface area contributed by atoms with E-state index in [1.807, 2.05) is 0 Å². The molecule has 1 aliphatic heterocycles. The van der Waals surface area contributed by atoms with Crippen LogP contribution in [0.3, 0.4) is 0 Å². The Morgan fingerprint density at radius 3 is 2.40 bits per heavy atom. The summed E-state index contributed by atoms with van der Waals surface area (Å²) in [4.78, 5) is 7.94. The van der Waals surface area contributed by atoms with Crippen LogP contribution in [-0.4, -0.2) is 23.1 Å². The third-order valence-electron chi connectivity index (χ3n) is 2.78. The summed E-state index contributed by atoms with van der Waals surface area (Å²) < 4.78 is 0. The molecule has 1 fully saturated rings. The number of hydrogen-bond acceptors (Lipinski definition) is 4. The molecule has 1 aliphatic rings. The van der Waals surface area contributed by atoms with E-state index in [-0.39, 0.29) is 17.8 Å². The Labute approximate surface area is 95.2 Å². The minimum absolute atomic E-state index is 0. The van der Waals surface area contributed by atoms with Crippen molar-refractivity contribution >= 4 is 12.4 Å². The molecule has 0 saturated carbocycles. The van der Waals surface area contributed by atoms with Crippen molar-refractivity contribution in [2.75, 3.05) is 13.1 Å². The topological polar surface area (TPSA) is 61.6 Å². The summed E-state index contributed by atoms with van der Waals surface area (Å²) in [5.74, 6) is 0. The third kappa shape index (κ3) is 2.25. The Kier molecular flexibility index (Phi) is 4.01. The SMILES string of the molecule is Cl.N#CC1(c2cncnc2)CCNCC1. The number of halogens is 1. The van der Waals surface area contributed by atoms with Gasteiger partial charge < -0.3 is 5.32 Å². The molecule has 1 aromatic rings. The predicted octanol–water partition coefficient (Wildman–Crippen LogP) is 1.04. The van der Waals surface area contributed by atoms with Crippen molar-refractivity contribution in [1.82, 2.24) is 15.3 Å². The summed E-state index contributed by atoms with van der Waals surface area (Å²) in [5, 5.41) is 12.5. The summed E-state index contributed by atoms with van der Waals surface area (Å²) in [6, 6.07) is 2.41. The van der Waals surface area contributed by atoms with Gasteiger partial charge in [-0.3, -0.25) is 0 Å². The first-order valence-electron chi connectivity index (χ1n) is 4.75. The lowest BCUT2D eigenvalue weighted by Gasteiger charge is -2.30. The van der Waals surface area contributed by atoms with Crippen LogP contribution in [0.2, 0.25) is 0 Å². The molecule has 0 spiro atoms. The Morgan fingerprint density at radius 1 is 1.27 bits per heavy atom. The first-order chi connectivity index (χ1) is 6.87. The average molecular weight is 225 g/mol. The van der Waals surface area contributed by atoms with E-state index in [1.165, 1.54) is 6.33 Å². The lowest BCUT2D eigenvalue weighted by molar-refractivity contribution is 0.381. The van der Waals surface area contributed by atoms with Crippen LogP contribution >= 0.6 is 12.4 Å². The van der Waals surface area contributed by atoms with Gasteiger partial charge in [-0.15, -0.1) is 12.4 Å². The minimum Gasteiger partial charge on any atom is -0.317 e. The first-order valence-corrected chi connectivity index (χ1v) is 4.75. The van der Waals surface area contributed by atoms with Gasteiger partial charge in [-0.05, 0) is 25.9 Å². The lowest BCUT2D eigenvalue weighted by Crippen LogP contribution is -2.38. The molecule has 4 nitrogen and oxygen atoms in total. The van der Waals surface area contributed by atoms with E-state index >= 15 is 0 Å². The highest BCUT2D eigenvalue weighted by Crippen LogP contribution is 2.31. The van der Waals surface area contributed by atoms with Crippen molar-refractivity contribution < 1.29 is 0 Å². The molecule has 0 bridgehead atoms. The van der Waals surface area contributed by atoms with Gasteiger partial charge in [0, 0.05) is 18.0 Å². The van der Waals surface area contributed by atoms with Crippen molar-refractivity contribution in [3.63, 3.8) is 0 Å². The highest BCUT2D eigenvalue weighted by atomic mass is 35.5. The summed E-state index contributed by atoms with van der Waals surface area (Å²) in [6.45, 7) is 1.78. The second kappa shape index (κ2) is 5.06.